The summed E-state index contributed by atoms with van der Waals surface area (Å²) in [6.45, 7) is 5.21. The van der Waals surface area contributed by atoms with Crippen molar-refractivity contribution in [2.24, 2.45) is 5.92 Å². The summed E-state index contributed by atoms with van der Waals surface area (Å²) in [5, 5.41) is 6.21. The van der Waals surface area contributed by atoms with E-state index in [-0.39, 0.29) is 11.9 Å². The van der Waals surface area contributed by atoms with E-state index in [0.29, 0.717) is 11.5 Å². The van der Waals surface area contributed by atoms with Crippen molar-refractivity contribution in [3.8, 4) is 0 Å². The molecule has 4 nitrogen and oxygen atoms in total. The lowest BCUT2D eigenvalue weighted by Gasteiger charge is -2.24. The van der Waals surface area contributed by atoms with E-state index in [0.717, 1.165) is 18.7 Å². The van der Waals surface area contributed by atoms with Gasteiger partial charge in [-0.3, -0.25) is 4.79 Å². The molecule has 1 unspecified atom stereocenters. The van der Waals surface area contributed by atoms with Crippen molar-refractivity contribution in [2.45, 2.75) is 26.3 Å². The molecule has 0 fully saturated rings. The van der Waals surface area contributed by atoms with Crippen LogP contribution in [0.1, 0.15) is 30.6 Å². The number of hydrogen-bond acceptors (Lipinski definition) is 3. The highest BCUT2D eigenvalue weighted by molar-refractivity contribution is 5.99. The minimum atomic E-state index is -0.0116. The molecule has 0 aliphatic rings. The van der Waals surface area contributed by atoms with Crippen LogP contribution in [0.25, 0.3) is 0 Å². The molecule has 0 aromatic heterocycles. The Labute approximate surface area is 122 Å². The number of carbonyl (C=O) groups is 1. The second-order valence-electron chi connectivity index (χ2n) is 5.86. The van der Waals surface area contributed by atoms with Gasteiger partial charge in [-0.25, -0.2) is 0 Å². The summed E-state index contributed by atoms with van der Waals surface area (Å²) in [6, 6.07) is 7.75. The molecule has 4 heteroatoms. The number of para-hydroxylation sites is 1. The third-order valence-electron chi connectivity index (χ3n) is 3.12. The van der Waals surface area contributed by atoms with E-state index in [1.54, 1.807) is 0 Å². The van der Waals surface area contributed by atoms with Crippen molar-refractivity contribution in [3.05, 3.63) is 29.8 Å². The van der Waals surface area contributed by atoms with Gasteiger partial charge >= 0.3 is 0 Å². The fraction of sp³-hybridized carbons (Fsp3) is 0.562. The Bertz CT molecular complexity index is 419. The van der Waals surface area contributed by atoms with Gasteiger partial charge in [0, 0.05) is 25.3 Å². The highest BCUT2D eigenvalue weighted by Gasteiger charge is 2.17. The molecule has 0 saturated heterocycles. The molecule has 112 valence electrons. The van der Waals surface area contributed by atoms with Crippen LogP contribution in [0.2, 0.25) is 0 Å². The fourth-order valence-corrected chi connectivity index (χ4v) is 2.35. The zero-order valence-corrected chi connectivity index (χ0v) is 13.2. The number of amides is 1. The lowest BCUT2D eigenvalue weighted by Crippen LogP contribution is -2.42. The third-order valence-corrected chi connectivity index (χ3v) is 3.12. The number of likely N-dealkylation sites (N-methyl/N-ethyl adjacent to an activating group) is 1. The Morgan fingerprint density at radius 1 is 1.25 bits per heavy atom. The summed E-state index contributed by atoms with van der Waals surface area (Å²) < 4.78 is 0. The molecule has 0 spiro atoms. The van der Waals surface area contributed by atoms with Gasteiger partial charge in [-0.15, -0.1) is 0 Å². The van der Waals surface area contributed by atoms with E-state index in [1.165, 1.54) is 0 Å². The Balaban J connectivity index is 2.79. The molecular weight excluding hydrogens is 250 g/mol. The lowest BCUT2D eigenvalue weighted by atomic mass is 10.0. The molecule has 0 saturated carbocycles. The zero-order chi connectivity index (χ0) is 15.1. The van der Waals surface area contributed by atoms with Crippen molar-refractivity contribution in [1.82, 2.24) is 10.2 Å². The molecule has 1 amide bonds. The minimum Gasteiger partial charge on any atom is -0.387 e. The number of rotatable bonds is 7. The molecule has 0 bridgehead atoms. The topological polar surface area (TPSA) is 44.4 Å². The summed E-state index contributed by atoms with van der Waals surface area (Å²) in [4.78, 5) is 14.5. The number of hydrogen-bond donors (Lipinski definition) is 2. The molecule has 1 aromatic rings. The van der Waals surface area contributed by atoms with E-state index in [9.17, 15) is 4.79 Å². The van der Waals surface area contributed by atoms with Crippen LogP contribution in [0.15, 0.2) is 24.3 Å². The van der Waals surface area contributed by atoms with Gasteiger partial charge in [0.05, 0.1) is 5.56 Å². The molecule has 2 N–H and O–H groups in total. The second kappa shape index (κ2) is 7.90. The van der Waals surface area contributed by atoms with Crippen molar-refractivity contribution >= 4 is 11.6 Å². The average Bonchev–Trinajstić information content (AvgIpc) is 2.36. The van der Waals surface area contributed by atoms with Crippen LogP contribution < -0.4 is 10.6 Å². The molecule has 20 heavy (non-hydrogen) atoms. The second-order valence-corrected chi connectivity index (χ2v) is 5.86. The first-order chi connectivity index (χ1) is 9.43. The van der Waals surface area contributed by atoms with Gasteiger partial charge in [0.15, 0.2) is 0 Å². The smallest absolute Gasteiger partial charge is 0.253 e. The van der Waals surface area contributed by atoms with E-state index >= 15 is 0 Å². The molecule has 1 atom stereocenters. The van der Waals surface area contributed by atoms with Crippen LogP contribution >= 0.6 is 0 Å². The van der Waals surface area contributed by atoms with Crippen molar-refractivity contribution in [1.29, 1.82) is 0 Å². The quantitative estimate of drug-likeness (QED) is 0.804. The Morgan fingerprint density at radius 3 is 2.45 bits per heavy atom. The number of anilines is 1. The van der Waals surface area contributed by atoms with Crippen LogP contribution in [0.5, 0.6) is 0 Å². The standard InChI is InChI=1S/C16H27N3O/c1-12(2)10-13(11-19(4)5)18-16(20)14-8-6-7-9-15(14)17-3/h6-9,12-13,17H,10-11H2,1-5H3,(H,18,20). The molecule has 0 aliphatic heterocycles. The van der Waals surface area contributed by atoms with Gasteiger partial charge in [0.1, 0.15) is 0 Å². The summed E-state index contributed by atoms with van der Waals surface area (Å²) in [6.07, 6.45) is 0.978. The van der Waals surface area contributed by atoms with E-state index < -0.39 is 0 Å². The van der Waals surface area contributed by atoms with Crippen LogP contribution in [-0.4, -0.2) is 44.5 Å². The lowest BCUT2D eigenvalue weighted by molar-refractivity contribution is 0.0925. The summed E-state index contributed by atoms with van der Waals surface area (Å²) in [5.74, 6) is 0.544. The number of nitrogens with zero attached hydrogens (tertiary/aromatic N) is 1. The zero-order valence-electron chi connectivity index (χ0n) is 13.2. The Hall–Kier alpha value is -1.55. The minimum absolute atomic E-state index is 0.0116. The van der Waals surface area contributed by atoms with Crippen molar-refractivity contribution < 1.29 is 4.79 Å². The first-order valence-electron chi connectivity index (χ1n) is 7.16. The molecule has 1 rings (SSSR count). The maximum atomic E-state index is 12.4. The Kier molecular flexibility index (Phi) is 6.52. The summed E-state index contributed by atoms with van der Waals surface area (Å²) >= 11 is 0. The molecule has 0 heterocycles. The number of carbonyl (C=O) groups excluding carboxylic acids is 1. The molecular formula is C16H27N3O. The first-order valence-corrected chi connectivity index (χ1v) is 7.16. The number of nitrogens with one attached hydrogen (secondary N) is 2. The normalized spacial score (nSPS) is 12.6. The molecule has 0 aliphatic carbocycles. The highest BCUT2D eigenvalue weighted by atomic mass is 16.1. The van der Waals surface area contributed by atoms with Crippen molar-refractivity contribution in [2.75, 3.05) is 33.0 Å². The van der Waals surface area contributed by atoms with Gasteiger partial charge in [-0.05, 0) is 38.6 Å². The maximum absolute atomic E-state index is 12.4. The average molecular weight is 277 g/mol. The van der Waals surface area contributed by atoms with Gasteiger partial charge in [0.2, 0.25) is 0 Å². The monoisotopic (exact) mass is 277 g/mol. The predicted molar refractivity (Wildman–Crippen MR) is 85.3 cm³/mol. The van der Waals surface area contributed by atoms with Crippen LogP contribution in [0.3, 0.4) is 0 Å². The van der Waals surface area contributed by atoms with E-state index in [1.807, 2.05) is 45.4 Å². The van der Waals surface area contributed by atoms with Gasteiger partial charge in [-0.2, -0.15) is 0 Å². The highest BCUT2D eigenvalue weighted by Crippen LogP contribution is 2.15. The molecule has 0 radical (unpaired) electrons. The molecule has 1 aromatic carbocycles. The van der Waals surface area contributed by atoms with Crippen LogP contribution in [0.4, 0.5) is 5.69 Å². The Morgan fingerprint density at radius 2 is 1.90 bits per heavy atom. The largest absolute Gasteiger partial charge is 0.387 e. The maximum Gasteiger partial charge on any atom is 0.253 e. The third kappa shape index (κ3) is 5.21. The summed E-state index contributed by atoms with van der Waals surface area (Å²) in [7, 11) is 5.89. The van der Waals surface area contributed by atoms with Gasteiger partial charge in [0.25, 0.3) is 5.91 Å². The van der Waals surface area contributed by atoms with E-state index in [4.69, 9.17) is 0 Å². The number of benzene rings is 1. The first kappa shape index (κ1) is 16.5. The summed E-state index contributed by atoms with van der Waals surface area (Å²) in [5.41, 5.74) is 1.56. The van der Waals surface area contributed by atoms with Crippen LogP contribution in [0, 0.1) is 5.92 Å². The van der Waals surface area contributed by atoms with Crippen molar-refractivity contribution in [3.63, 3.8) is 0 Å². The predicted octanol–water partition coefficient (Wildman–Crippen LogP) is 2.43. The van der Waals surface area contributed by atoms with Gasteiger partial charge < -0.3 is 15.5 Å². The fourth-order valence-electron chi connectivity index (χ4n) is 2.35. The SMILES string of the molecule is CNc1ccccc1C(=O)NC(CC(C)C)CN(C)C. The van der Waals surface area contributed by atoms with E-state index in [2.05, 4.69) is 29.4 Å². The van der Waals surface area contributed by atoms with Gasteiger partial charge in [-0.1, -0.05) is 26.0 Å². The van der Waals surface area contributed by atoms with Crippen LogP contribution in [-0.2, 0) is 0 Å².